The fourth-order valence-corrected chi connectivity index (χ4v) is 1.94. The van der Waals surface area contributed by atoms with Gasteiger partial charge in [-0.1, -0.05) is 30.3 Å². The van der Waals surface area contributed by atoms with Gasteiger partial charge >= 0.3 is 0 Å². The Balaban J connectivity index is 1.95. The second kappa shape index (κ2) is 7.76. The lowest BCUT2D eigenvalue weighted by atomic mass is 10.0. The number of furan rings is 1. The van der Waals surface area contributed by atoms with Crippen LogP contribution in [0.1, 0.15) is 17.1 Å². The molecule has 0 aliphatic rings. The highest BCUT2D eigenvalue weighted by Gasteiger charge is 2.24. The van der Waals surface area contributed by atoms with Crippen molar-refractivity contribution in [2.75, 3.05) is 0 Å². The van der Waals surface area contributed by atoms with Crippen molar-refractivity contribution >= 4 is 17.8 Å². The number of aryl methyl sites for hydroxylation is 1. The maximum absolute atomic E-state index is 12.0. The number of carbonyl (C=O) groups excluding carboxylic acids is 2. The summed E-state index contributed by atoms with van der Waals surface area (Å²) >= 11 is 0. The van der Waals surface area contributed by atoms with Crippen molar-refractivity contribution < 1.29 is 14.0 Å². The Kier molecular flexibility index (Phi) is 5.48. The highest BCUT2D eigenvalue weighted by atomic mass is 16.3. The average Bonchev–Trinajstić information content (AvgIpc) is 2.98. The topological polar surface area (TPSA) is 83.1 Å². The quantitative estimate of drug-likeness (QED) is 0.657. The molecule has 1 amide bonds. The number of rotatable bonds is 6. The summed E-state index contributed by atoms with van der Waals surface area (Å²) in [6, 6.07) is 14.5. The second-order valence-corrected chi connectivity index (χ2v) is 4.95. The molecular formula is C18H16N2O3. The van der Waals surface area contributed by atoms with Gasteiger partial charge in [-0.15, -0.1) is 0 Å². The molecule has 1 aromatic heterocycles. The molecule has 23 heavy (non-hydrogen) atoms. The summed E-state index contributed by atoms with van der Waals surface area (Å²) in [5.41, 5.74) is 0.895. The normalized spacial score (nSPS) is 11.8. The number of hydrogen-bond donors (Lipinski definition) is 1. The van der Waals surface area contributed by atoms with E-state index in [4.69, 9.17) is 9.68 Å². The van der Waals surface area contributed by atoms with Crippen LogP contribution in [0, 0.1) is 24.2 Å². The molecule has 0 saturated heterocycles. The number of nitriles is 1. The highest BCUT2D eigenvalue weighted by Crippen LogP contribution is 2.09. The molecule has 1 atom stereocenters. The molecule has 1 aromatic carbocycles. The third kappa shape index (κ3) is 4.68. The van der Waals surface area contributed by atoms with Gasteiger partial charge in [-0.05, 0) is 36.8 Å². The molecule has 0 bridgehead atoms. The van der Waals surface area contributed by atoms with E-state index in [1.807, 2.05) is 30.3 Å². The van der Waals surface area contributed by atoms with Gasteiger partial charge in [0, 0.05) is 6.54 Å². The van der Waals surface area contributed by atoms with Crippen LogP contribution in [0.3, 0.4) is 0 Å². The number of nitrogens with one attached hydrogen (secondary N) is 1. The van der Waals surface area contributed by atoms with Crippen molar-refractivity contribution in [2.24, 2.45) is 5.92 Å². The lowest BCUT2D eigenvalue weighted by Gasteiger charge is -2.07. The molecule has 2 aromatic rings. The number of allylic oxidation sites excluding steroid dienone is 1. The molecule has 116 valence electrons. The summed E-state index contributed by atoms with van der Waals surface area (Å²) in [7, 11) is 0. The van der Waals surface area contributed by atoms with Crippen LogP contribution in [0.5, 0.6) is 0 Å². The van der Waals surface area contributed by atoms with Gasteiger partial charge in [0.25, 0.3) is 0 Å². The SMILES string of the molecule is Cc1ccc(/C=C\C(=O)[C@H](C#N)C(=O)NCc2ccccc2)o1. The molecule has 0 radical (unpaired) electrons. The van der Waals surface area contributed by atoms with E-state index in [0.29, 0.717) is 5.76 Å². The maximum atomic E-state index is 12.0. The molecule has 0 fully saturated rings. The Labute approximate surface area is 134 Å². The van der Waals surface area contributed by atoms with Gasteiger partial charge in [0.05, 0.1) is 6.07 Å². The minimum absolute atomic E-state index is 0.270. The first-order chi connectivity index (χ1) is 11.1. The third-order valence-electron chi connectivity index (χ3n) is 3.16. The van der Waals surface area contributed by atoms with Crippen LogP contribution in [0.2, 0.25) is 0 Å². The lowest BCUT2D eigenvalue weighted by molar-refractivity contribution is -0.129. The van der Waals surface area contributed by atoms with E-state index in [-0.39, 0.29) is 6.54 Å². The van der Waals surface area contributed by atoms with Crippen molar-refractivity contribution in [3.8, 4) is 6.07 Å². The zero-order chi connectivity index (χ0) is 16.7. The van der Waals surface area contributed by atoms with Gasteiger partial charge in [-0.2, -0.15) is 5.26 Å². The molecule has 0 saturated carbocycles. The van der Waals surface area contributed by atoms with E-state index < -0.39 is 17.6 Å². The van der Waals surface area contributed by atoms with Gasteiger partial charge in [0.1, 0.15) is 11.5 Å². The first-order valence-corrected chi connectivity index (χ1v) is 7.10. The molecule has 5 heteroatoms. The van der Waals surface area contributed by atoms with E-state index in [0.717, 1.165) is 11.3 Å². The van der Waals surface area contributed by atoms with Crippen LogP contribution in [0.15, 0.2) is 53.0 Å². The maximum Gasteiger partial charge on any atom is 0.245 e. The molecule has 0 spiro atoms. The number of carbonyl (C=O) groups is 2. The number of ketones is 1. The van der Waals surface area contributed by atoms with Crippen LogP contribution in [-0.4, -0.2) is 11.7 Å². The monoisotopic (exact) mass is 308 g/mol. The average molecular weight is 308 g/mol. The predicted molar refractivity (Wildman–Crippen MR) is 84.9 cm³/mol. The summed E-state index contributed by atoms with van der Waals surface area (Å²) in [4.78, 5) is 24.0. The first kappa shape index (κ1) is 16.2. The second-order valence-electron chi connectivity index (χ2n) is 4.95. The van der Waals surface area contributed by atoms with E-state index >= 15 is 0 Å². The van der Waals surface area contributed by atoms with Crippen molar-refractivity contribution in [2.45, 2.75) is 13.5 Å². The molecule has 5 nitrogen and oxygen atoms in total. The largest absolute Gasteiger partial charge is 0.462 e. The minimum Gasteiger partial charge on any atom is -0.462 e. The van der Waals surface area contributed by atoms with Gasteiger partial charge in [0.2, 0.25) is 5.91 Å². The predicted octanol–water partition coefficient (Wildman–Crippen LogP) is 2.63. The Bertz CT molecular complexity index is 754. The van der Waals surface area contributed by atoms with Gasteiger partial charge in [-0.25, -0.2) is 0 Å². The summed E-state index contributed by atoms with van der Waals surface area (Å²) in [5.74, 6) is -1.34. The molecule has 0 unspecified atom stereocenters. The minimum atomic E-state index is -1.37. The molecule has 2 rings (SSSR count). The van der Waals surface area contributed by atoms with Gasteiger partial charge in [0.15, 0.2) is 11.7 Å². The molecule has 0 aliphatic heterocycles. The third-order valence-corrected chi connectivity index (χ3v) is 3.16. The fourth-order valence-electron chi connectivity index (χ4n) is 1.94. The van der Waals surface area contributed by atoms with E-state index in [2.05, 4.69) is 5.32 Å². The summed E-state index contributed by atoms with van der Waals surface area (Å²) in [6.07, 6.45) is 2.64. The van der Waals surface area contributed by atoms with Crippen LogP contribution in [0.4, 0.5) is 0 Å². The van der Waals surface area contributed by atoms with Crippen LogP contribution < -0.4 is 5.32 Å². The number of amides is 1. The number of hydrogen-bond acceptors (Lipinski definition) is 4. The number of nitrogens with zero attached hydrogens (tertiary/aromatic N) is 1. The van der Waals surface area contributed by atoms with Crippen LogP contribution in [-0.2, 0) is 16.1 Å². The summed E-state index contributed by atoms with van der Waals surface area (Å²) < 4.78 is 5.29. The van der Waals surface area contributed by atoms with E-state index in [9.17, 15) is 9.59 Å². The Morgan fingerprint density at radius 2 is 2.00 bits per heavy atom. The lowest BCUT2D eigenvalue weighted by Crippen LogP contribution is -2.33. The van der Waals surface area contributed by atoms with Crippen molar-refractivity contribution in [3.05, 3.63) is 65.6 Å². The Morgan fingerprint density at radius 1 is 1.26 bits per heavy atom. The van der Waals surface area contributed by atoms with Crippen molar-refractivity contribution in [1.82, 2.24) is 5.32 Å². The summed E-state index contributed by atoms with van der Waals surface area (Å²) in [6.45, 7) is 2.06. The zero-order valence-electron chi connectivity index (χ0n) is 12.7. The van der Waals surface area contributed by atoms with Crippen LogP contribution in [0.25, 0.3) is 6.08 Å². The van der Waals surface area contributed by atoms with Crippen molar-refractivity contribution in [3.63, 3.8) is 0 Å². The van der Waals surface area contributed by atoms with Gasteiger partial charge < -0.3 is 9.73 Å². The highest BCUT2D eigenvalue weighted by molar-refractivity contribution is 6.10. The van der Waals surface area contributed by atoms with E-state index in [1.54, 1.807) is 25.1 Å². The zero-order valence-corrected chi connectivity index (χ0v) is 12.7. The standard InChI is InChI=1S/C18H16N2O3/c1-13-7-8-15(23-13)9-10-17(21)16(11-19)18(22)20-12-14-5-3-2-4-6-14/h2-10,16H,12H2,1H3,(H,20,22)/b10-9-/t16-/m0/s1. The van der Waals surface area contributed by atoms with Gasteiger partial charge in [-0.3, -0.25) is 9.59 Å². The Hall–Kier alpha value is -3.13. The first-order valence-electron chi connectivity index (χ1n) is 7.10. The molecular weight excluding hydrogens is 292 g/mol. The van der Waals surface area contributed by atoms with Crippen LogP contribution >= 0.6 is 0 Å². The smallest absolute Gasteiger partial charge is 0.245 e. The fraction of sp³-hybridized carbons (Fsp3) is 0.167. The molecule has 1 heterocycles. The molecule has 0 aliphatic carbocycles. The molecule has 1 N–H and O–H groups in total. The summed E-state index contributed by atoms with van der Waals surface area (Å²) in [5, 5.41) is 11.7. The van der Waals surface area contributed by atoms with E-state index in [1.165, 1.54) is 12.2 Å². The number of benzene rings is 1. The van der Waals surface area contributed by atoms with Crippen molar-refractivity contribution in [1.29, 1.82) is 5.26 Å². The Morgan fingerprint density at radius 3 is 2.61 bits per heavy atom.